The number of halogens is 2. The SMILES string of the molecule is CC(C)(C)C(=O)Oc1cc(Br)c2c(O)c(F)ccc2c1. The Morgan fingerprint density at radius 3 is 2.55 bits per heavy atom. The third-order valence-corrected chi connectivity index (χ3v) is 3.41. The molecular weight excluding hydrogens is 327 g/mol. The van der Waals surface area contributed by atoms with Crippen LogP contribution in [0.5, 0.6) is 11.5 Å². The van der Waals surface area contributed by atoms with Crippen molar-refractivity contribution in [2.75, 3.05) is 0 Å². The lowest BCUT2D eigenvalue weighted by Gasteiger charge is -2.17. The van der Waals surface area contributed by atoms with E-state index in [1.807, 2.05) is 0 Å². The average Bonchev–Trinajstić information content (AvgIpc) is 2.32. The quantitative estimate of drug-likeness (QED) is 0.618. The lowest BCUT2D eigenvalue weighted by atomic mass is 9.97. The molecule has 0 aliphatic heterocycles. The number of phenols is 1. The second kappa shape index (κ2) is 5.05. The maximum atomic E-state index is 13.3. The predicted octanol–water partition coefficient (Wildman–Crippen LogP) is 4.40. The summed E-state index contributed by atoms with van der Waals surface area (Å²) >= 11 is 3.26. The molecular formula is C15H14BrFO3. The van der Waals surface area contributed by atoms with E-state index < -0.39 is 17.0 Å². The summed E-state index contributed by atoms with van der Waals surface area (Å²) in [5, 5.41) is 10.7. The highest BCUT2D eigenvalue weighted by Gasteiger charge is 2.24. The Morgan fingerprint density at radius 1 is 1.30 bits per heavy atom. The molecule has 0 heterocycles. The number of aromatic hydroxyl groups is 1. The number of carbonyl (C=O) groups is 1. The van der Waals surface area contributed by atoms with Gasteiger partial charge in [0.25, 0.3) is 0 Å². The molecule has 0 unspecified atom stereocenters. The zero-order chi connectivity index (χ0) is 15.1. The average molecular weight is 341 g/mol. The molecule has 0 aromatic heterocycles. The third kappa shape index (κ3) is 2.77. The largest absolute Gasteiger partial charge is 0.504 e. The van der Waals surface area contributed by atoms with Crippen molar-refractivity contribution in [3.63, 3.8) is 0 Å². The van der Waals surface area contributed by atoms with E-state index in [-0.39, 0.29) is 5.97 Å². The molecule has 5 heteroatoms. The molecule has 20 heavy (non-hydrogen) atoms. The van der Waals surface area contributed by atoms with Crippen molar-refractivity contribution in [3.05, 3.63) is 34.6 Å². The van der Waals surface area contributed by atoms with Crippen LogP contribution in [0.1, 0.15) is 20.8 Å². The summed E-state index contributed by atoms with van der Waals surface area (Å²) in [5.41, 5.74) is -0.619. The minimum absolute atomic E-state index is 0.343. The Kier molecular flexibility index (Phi) is 3.73. The highest BCUT2D eigenvalue weighted by atomic mass is 79.9. The van der Waals surface area contributed by atoms with Crippen LogP contribution in [-0.2, 0) is 4.79 Å². The number of fused-ring (bicyclic) bond motifs is 1. The molecule has 0 amide bonds. The smallest absolute Gasteiger partial charge is 0.316 e. The molecule has 106 valence electrons. The number of hydrogen-bond acceptors (Lipinski definition) is 3. The van der Waals surface area contributed by atoms with Crippen molar-refractivity contribution in [2.24, 2.45) is 5.41 Å². The van der Waals surface area contributed by atoms with Gasteiger partial charge in [-0.2, -0.15) is 0 Å². The normalized spacial score (nSPS) is 11.7. The predicted molar refractivity (Wildman–Crippen MR) is 78.4 cm³/mol. The summed E-state index contributed by atoms with van der Waals surface area (Å²) < 4.78 is 19.1. The summed E-state index contributed by atoms with van der Waals surface area (Å²) in [6.07, 6.45) is 0. The van der Waals surface area contributed by atoms with Crippen LogP contribution in [0, 0.1) is 11.2 Å². The molecule has 0 spiro atoms. The van der Waals surface area contributed by atoms with Crippen LogP contribution in [0.2, 0.25) is 0 Å². The Bertz CT molecular complexity index is 690. The topological polar surface area (TPSA) is 46.5 Å². The lowest BCUT2D eigenvalue weighted by Crippen LogP contribution is -2.25. The van der Waals surface area contributed by atoms with E-state index in [0.29, 0.717) is 21.0 Å². The van der Waals surface area contributed by atoms with E-state index in [2.05, 4.69) is 15.9 Å². The first-order valence-corrected chi connectivity index (χ1v) is 6.82. The van der Waals surface area contributed by atoms with Crippen LogP contribution in [0.4, 0.5) is 4.39 Å². The van der Waals surface area contributed by atoms with Gasteiger partial charge in [0.1, 0.15) is 5.75 Å². The van der Waals surface area contributed by atoms with E-state index in [1.54, 1.807) is 26.8 Å². The van der Waals surface area contributed by atoms with Crippen LogP contribution in [0.15, 0.2) is 28.7 Å². The molecule has 2 aromatic rings. The zero-order valence-electron chi connectivity index (χ0n) is 11.3. The number of phenolic OH excluding ortho intramolecular Hbond substituents is 1. The summed E-state index contributed by atoms with van der Waals surface area (Å²) in [6.45, 7) is 5.27. The van der Waals surface area contributed by atoms with E-state index in [0.717, 1.165) is 0 Å². The highest BCUT2D eigenvalue weighted by Crippen LogP contribution is 2.37. The van der Waals surface area contributed by atoms with Crippen molar-refractivity contribution in [3.8, 4) is 11.5 Å². The van der Waals surface area contributed by atoms with Gasteiger partial charge in [-0.1, -0.05) is 6.07 Å². The standard InChI is InChI=1S/C15H14BrFO3/c1-15(2,3)14(19)20-9-6-8-4-5-11(17)13(18)12(8)10(16)7-9/h4-7,18H,1-3H3. The van der Waals surface area contributed by atoms with Gasteiger partial charge in [-0.3, -0.25) is 4.79 Å². The zero-order valence-corrected chi connectivity index (χ0v) is 12.9. The summed E-state index contributed by atoms with van der Waals surface area (Å²) in [7, 11) is 0. The fourth-order valence-electron chi connectivity index (χ4n) is 1.66. The maximum absolute atomic E-state index is 13.3. The van der Waals surface area contributed by atoms with Crippen LogP contribution in [0.3, 0.4) is 0 Å². The van der Waals surface area contributed by atoms with Gasteiger partial charge in [0.05, 0.1) is 5.41 Å². The van der Waals surface area contributed by atoms with Crippen LogP contribution < -0.4 is 4.74 Å². The molecule has 0 fully saturated rings. The van der Waals surface area contributed by atoms with Gasteiger partial charge in [-0.25, -0.2) is 4.39 Å². The molecule has 0 radical (unpaired) electrons. The second-order valence-electron chi connectivity index (χ2n) is 5.54. The van der Waals surface area contributed by atoms with Crippen LogP contribution in [-0.4, -0.2) is 11.1 Å². The van der Waals surface area contributed by atoms with Crippen molar-refractivity contribution >= 4 is 32.7 Å². The van der Waals surface area contributed by atoms with Gasteiger partial charge in [0.2, 0.25) is 0 Å². The lowest BCUT2D eigenvalue weighted by molar-refractivity contribution is -0.142. The van der Waals surface area contributed by atoms with Gasteiger partial charge in [-0.15, -0.1) is 0 Å². The number of rotatable bonds is 1. The Hall–Kier alpha value is -1.62. The highest BCUT2D eigenvalue weighted by molar-refractivity contribution is 9.10. The van der Waals surface area contributed by atoms with Gasteiger partial charge >= 0.3 is 5.97 Å². The van der Waals surface area contributed by atoms with Crippen molar-refractivity contribution in [1.82, 2.24) is 0 Å². The Balaban J connectivity index is 2.49. The number of hydrogen-bond donors (Lipinski definition) is 1. The molecule has 0 bridgehead atoms. The molecule has 3 nitrogen and oxygen atoms in total. The summed E-state index contributed by atoms with van der Waals surface area (Å²) in [4.78, 5) is 11.9. The fraction of sp³-hybridized carbons (Fsp3) is 0.267. The van der Waals surface area contributed by atoms with Gasteiger partial charge in [0.15, 0.2) is 11.6 Å². The van der Waals surface area contributed by atoms with Crippen molar-refractivity contribution in [1.29, 1.82) is 0 Å². The Labute approximate surface area is 124 Å². The number of esters is 1. The second-order valence-corrected chi connectivity index (χ2v) is 6.39. The van der Waals surface area contributed by atoms with Crippen molar-refractivity contribution < 1.29 is 19.0 Å². The summed E-state index contributed by atoms with van der Waals surface area (Å²) in [5.74, 6) is -1.15. The summed E-state index contributed by atoms with van der Waals surface area (Å²) in [6, 6.07) is 5.80. The van der Waals surface area contributed by atoms with Crippen LogP contribution in [0.25, 0.3) is 10.8 Å². The molecule has 2 aromatic carbocycles. The third-order valence-electron chi connectivity index (χ3n) is 2.79. The monoisotopic (exact) mass is 340 g/mol. The molecule has 1 N–H and O–H groups in total. The maximum Gasteiger partial charge on any atom is 0.316 e. The number of ether oxygens (including phenoxy) is 1. The van der Waals surface area contributed by atoms with Gasteiger partial charge in [-0.05, 0) is 60.3 Å². The van der Waals surface area contributed by atoms with E-state index in [9.17, 15) is 14.3 Å². The Morgan fingerprint density at radius 2 is 1.95 bits per heavy atom. The molecule has 0 aliphatic carbocycles. The molecule has 0 saturated heterocycles. The molecule has 0 saturated carbocycles. The first-order chi connectivity index (χ1) is 9.20. The minimum Gasteiger partial charge on any atom is -0.504 e. The van der Waals surface area contributed by atoms with E-state index in [1.165, 1.54) is 18.2 Å². The van der Waals surface area contributed by atoms with Gasteiger partial charge in [0, 0.05) is 9.86 Å². The van der Waals surface area contributed by atoms with E-state index >= 15 is 0 Å². The number of carbonyl (C=O) groups excluding carboxylic acids is 1. The van der Waals surface area contributed by atoms with Gasteiger partial charge < -0.3 is 9.84 Å². The van der Waals surface area contributed by atoms with E-state index in [4.69, 9.17) is 4.74 Å². The minimum atomic E-state index is -0.697. The molecule has 2 rings (SSSR count). The number of benzene rings is 2. The van der Waals surface area contributed by atoms with Crippen molar-refractivity contribution in [2.45, 2.75) is 20.8 Å². The molecule has 0 atom stereocenters. The first-order valence-electron chi connectivity index (χ1n) is 6.03. The molecule has 0 aliphatic rings. The van der Waals surface area contributed by atoms with Crippen LogP contribution >= 0.6 is 15.9 Å². The first kappa shape index (κ1) is 14.8. The fourth-order valence-corrected chi connectivity index (χ4v) is 2.31.